The summed E-state index contributed by atoms with van der Waals surface area (Å²) < 4.78 is 18.7. The van der Waals surface area contributed by atoms with Gasteiger partial charge in [-0.3, -0.25) is 0 Å². The highest BCUT2D eigenvalue weighted by atomic mass is 19.1. The Hall–Kier alpha value is -3.35. The highest BCUT2D eigenvalue weighted by molar-refractivity contribution is 5.56. The molecule has 0 bridgehead atoms. The lowest BCUT2D eigenvalue weighted by atomic mass is 10.2. The zero-order chi connectivity index (χ0) is 20.2. The van der Waals surface area contributed by atoms with Gasteiger partial charge in [0.2, 0.25) is 5.95 Å². The molecule has 2 aromatic carbocycles. The van der Waals surface area contributed by atoms with Gasteiger partial charge in [-0.05, 0) is 49.4 Å². The number of hydrogen-bond acceptors (Lipinski definition) is 6. The van der Waals surface area contributed by atoms with Crippen LogP contribution in [0.2, 0.25) is 0 Å². The van der Waals surface area contributed by atoms with Crippen LogP contribution in [0.1, 0.15) is 5.69 Å². The van der Waals surface area contributed by atoms with Gasteiger partial charge >= 0.3 is 0 Å². The fourth-order valence-corrected chi connectivity index (χ4v) is 3.45. The lowest BCUT2D eigenvalue weighted by molar-refractivity contribution is 0.415. The Morgan fingerprint density at radius 2 is 1.66 bits per heavy atom. The highest BCUT2D eigenvalue weighted by Gasteiger charge is 2.19. The molecule has 0 amide bonds. The average Bonchev–Trinajstić information content (AvgIpc) is 2.73. The second-order valence-corrected chi connectivity index (χ2v) is 7.00. The van der Waals surface area contributed by atoms with E-state index in [2.05, 4.69) is 37.2 Å². The molecule has 4 rings (SSSR count). The highest BCUT2D eigenvalue weighted by Crippen LogP contribution is 2.23. The van der Waals surface area contributed by atoms with Crippen LogP contribution >= 0.6 is 0 Å². The summed E-state index contributed by atoms with van der Waals surface area (Å²) in [4.78, 5) is 13.7. The molecule has 7 heteroatoms. The molecule has 0 aliphatic carbocycles. The summed E-state index contributed by atoms with van der Waals surface area (Å²) >= 11 is 0. The predicted molar refractivity (Wildman–Crippen MR) is 114 cm³/mol. The Balaban J connectivity index is 1.44. The maximum atomic E-state index is 13.4. The van der Waals surface area contributed by atoms with Gasteiger partial charge in [0.1, 0.15) is 17.4 Å². The van der Waals surface area contributed by atoms with Gasteiger partial charge in [0.25, 0.3) is 0 Å². The van der Waals surface area contributed by atoms with Crippen molar-refractivity contribution >= 4 is 23.1 Å². The molecule has 150 valence electrons. The molecule has 1 aliphatic heterocycles. The number of piperazine rings is 1. The largest absolute Gasteiger partial charge is 0.497 e. The first kappa shape index (κ1) is 19.0. The molecule has 29 heavy (non-hydrogen) atoms. The van der Waals surface area contributed by atoms with Gasteiger partial charge in [-0.1, -0.05) is 6.07 Å². The minimum atomic E-state index is -0.294. The molecule has 1 saturated heterocycles. The first-order valence-corrected chi connectivity index (χ1v) is 9.63. The maximum absolute atomic E-state index is 13.4. The quantitative estimate of drug-likeness (QED) is 0.707. The molecule has 0 unspecified atom stereocenters. The average molecular weight is 393 g/mol. The fourth-order valence-electron chi connectivity index (χ4n) is 3.45. The van der Waals surface area contributed by atoms with E-state index in [-0.39, 0.29) is 5.82 Å². The van der Waals surface area contributed by atoms with Crippen LogP contribution in [0, 0.1) is 12.7 Å². The third-order valence-electron chi connectivity index (χ3n) is 4.96. The lowest BCUT2D eigenvalue weighted by Gasteiger charge is -2.37. The van der Waals surface area contributed by atoms with Crippen molar-refractivity contribution < 1.29 is 9.13 Å². The van der Waals surface area contributed by atoms with Crippen molar-refractivity contribution in [3.8, 4) is 5.75 Å². The molecule has 1 N–H and O–H groups in total. The summed E-state index contributed by atoms with van der Waals surface area (Å²) in [5.74, 6) is 1.92. The molecule has 1 aromatic heterocycles. The summed E-state index contributed by atoms with van der Waals surface area (Å²) in [7, 11) is 1.68. The normalized spacial score (nSPS) is 14.0. The van der Waals surface area contributed by atoms with Crippen LogP contribution in [0.15, 0.2) is 54.6 Å². The first-order valence-electron chi connectivity index (χ1n) is 9.63. The van der Waals surface area contributed by atoms with Crippen LogP contribution in [-0.4, -0.2) is 43.3 Å². The number of methoxy groups -OCH3 is 1. The van der Waals surface area contributed by atoms with E-state index in [9.17, 15) is 4.39 Å². The monoisotopic (exact) mass is 393 g/mol. The van der Waals surface area contributed by atoms with Crippen molar-refractivity contribution in [1.82, 2.24) is 9.97 Å². The van der Waals surface area contributed by atoms with E-state index in [4.69, 9.17) is 4.74 Å². The number of anilines is 4. The minimum absolute atomic E-state index is 0.294. The Bertz CT molecular complexity index is 971. The van der Waals surface area contributed by atoms with Crippen LogP contribution in [-0.2, 0) is 0 Å². The number of nitrogens with zero attached hydrogens (tertiary/aromatic N) is 4. The Kier molecular flexibility index (Phi) is 5.46. The van der Waals surface area contributed by atoms with Gasteiger partial charge in [-0.25, -0.2) is 9.37 Å². The summed E-state index contributed by atoms with van der Waals surface area (Å²) in [5.41, 5.74) is 2.69. The fraction of sp³-hybridized carbons (Fsp3) is 0.273. The topological polar surface area (TPSA) is 53.5 Å². The molecule has 0 radical (unpaired) electrons. The summed E-state index contributed by atoms with van der Waals surface area (Å²) in [6.45, 7) is 5.48. The van der Waals surface area contributed by atoms with E-state index < -0.39 is 0 Å². The van der Waals surface area contributed by atoms with E-state index >= 15 is 0 Å². The Labute approximate surface area is 170 Å². The molecule has 0 spiro atoms. The van der Waals surface area contributed by atoms with Gasteiger partial charge in [0, 0.05) is 49.3 Å². The number of aromatic nitrogens is 2. The standard InChI is InChI=1S/C22H24FN5O/c1-16-14-21(26-22(24-16)25-18-5-3-4-17(23)15-18)28-12-10-27(11-13-28)19-6-8-20(29-2)9-7-19/h3-9,14-15H,10-13H2,1-2H3,(H,24,25,26). The van der Waals surface area contributed by atoms with Crippen molar-refractivity contribution in [2.75, 3.05) is 48.4 Å². The molecule has 0 atom stereocenters. The van der Waals surface area contributed by atoms with Crippen LogP contribution in [0.3, 0.4) is 0 Å². The van der Waals surface area contributed by atoms with Crippen molar-refractivity contribution in [3.05, 3.63) is 66.1 Å². The second-order valence-electron chi connectivity index (χ2n) is 7.00. The first-order chi connectivity index (χ1) is 14.1. The van der Waals surface area contributed by atoms with E-state index in [1.807, 2.05) is 25.1 Å². The van der Waals surface area contributed by atoms with Crippen molar-refractivity contribution in [2.45, 2.75) is 6.92 Å². The molecule has 6 nitrogen and oxygen atoms in total. The summed E-state index contributed by atoms with van der Waals surface area (Å²) in [6.07, 6.45) is 0. The number of benzene rings is 2. The van der Waals surface area contributed by atoms with Gasteiger partial charge in [-0.15, -0.1) is 0 Å². The lowest BCUT2D eigenvalue weighted by Crippen LogP contribution is -2.46. The van der Waals surface area contributed by atoms with Gasteiger partial charge in [0.15, 0.2) is 0 Å². The molecule has 0 saturated carbocycles. The number of nitrogens with one attached hydrogen (secondary N) is 1. The second kappa shape index (κ2) is 8.34. The number of hydrogen-bond donors (Lipinski definition) is 1. The molecule has 1 aliphatic rings. The number of ether oxygens (including phenoxy) is 1. The van der Waals surface area contributed by atoms with Crippen molar-refractivity contribution in [2.24, 2.45) is 0 Å². The molecular weight excluding hydrogens is 369 g/mol. The third kappa shape index (κ3) is 4.56. The summed E-state index contributed by atoms with van der Waals surface area (Å²) in [6, 6.07) is 16.4. The van der Waals surface area contributed by atoms with Crippen molar-refractivity contribution in [3.63, 3.8) is 0 Å². The molecule has 2 heterocycles. The number of aryl methyl sites for hydroxylation is 1. The van der Waals surface area contributed by atoms with E-state index in [1.54, 1.807) is 19.2 Å². The van der Waals surface area contributed by atoms with E-state index in [0.29, 0.717) is 11.6 Å². The van der Waals surface area contributed by atoms with Crippen LogP contribution < -0.4 is 19.9 Å². The Morgan fingerprint density at radius 3 is 2.34 bits per heavy atom. The zero-order valence-electron chi connectivity index (χ0n) is 16.6. The van der Waals surface area contributed by atoms with E-state index in [1.165, 1.54) is 17.8 Å². The minimum Gasteiger partial charge on any atom is -0.497 e. The summed E-state index contributed by atoms with van der Waals surface area (Å²) in [5, 5.41) is 3.10. The molecule has 3 aromatic rings. The predicted octanol–water partition coefficient (Wildman–Crippen LogP) is 4.00. The maximum Gasteiger partial charge on any atom is 0.229 e. The number of rotatable bonds is 5. The van der Waals surface area contributed by atoms with Gasteiger partial charge in [-0.2, -0.15) is 4.98 Å². The third-order valence-corrected chi connectivity index (χ3v) is 4.96. The molecular formula is C22H24FN5O. The molecule has 1 fully saturated rings. The Morgan fingerprint density at radius 1 is 0.931 bits per heavy atom. The van der Waals surface area contributed by atoms with Crippen LogP contribution in [0.4, 0.5) is 27.5 Å². The van der Waals surface area contributed by atoms with E-state index in [0.717, 1.165) is 43.4 Å². The van der Waals surface area contributed by atoms with Gasteiger partial charge < -0.3 is 19.9 Å². The number of halogens is 1. The smallest absolute Gasteiger partial charge is 0.229 e. The SMILES string of the molecule is COc1ccc(N2CCN(c3cc(C)nc(Nc4cccc(F)c4)n3)CC2)cc1. The van der Waals surface area contributed by atoms with Crippen LogP contribution in [0.5, 0.6) is 5.75 Å². The van der Waals surface area contributed by atoms with Crippen molar-refractivity contribution in [1.29, 1.82) is 0 Å². The van der Waals surface area contributed by atoms with Gasteiger partial charge in [0.05, 0.1) is 7.11 Å². The zero-order valence-corrected chi connectivity index (χ0v) is 16.6. The van der Waals surface area contributed by atoms with Crippen LogP contribution in [0.25, 0.3) is 0 Å².